The Labute approximate surface area is 177 Å². The van der Waals surface area contributed by atoms with Gasteiger partial charge in [-0.3, -0.25) is 19.7 Å². The van der Waals surface area contributed by atoms with Crippen LogP contribution < -0.4 is 5.32 Å². The Morgan fingerprint density at radius 1 is 1.30 bits per heavy atom. The molecule has 0 aliphatic carbocycles. The summed E-state index contributed by atoms with van der Waals surface area (Å²) >= 11 is 0.776. The van der Waals surface area contributed by atoms with E-state index in [0.717, 1.165) is 41.8 Å². The number of non-ortho nitro benzene ring substituents is 1. The van der Waals surface area contributed by atoms with E-state index in [9.17, 15) is 28.1 Å². The highest BCUT2D eigenvalue weighted by atomic mass is 32.2. The fourth-order valence-corrected chi connectivity index (χ4v) is 5.48. The van der Waals surface area contributed by atoms with Gasteiger partial charge in [-0.1, -0.05) is 11.3 Å². The summed E-state index contributed by atoms with van der Waals surface area (Å²) in [5.41, 5.74) is -0.610. The van der Waals surface area contributed by atoms with E-state index in [4.69, 9.17) is 0 Å². The van der Waals surface area contributed by atoms with Crippen LogP contribution in [-0.2, 0) is 19.4 Å². The predicted octanol–water partition coefficient (Wildman–Crippen LogP) is 2.47. The minimum Gasteiger partial charge on any atom is -0.337 e. The van der Waals surface area contributed by atoms with Crippen LogP contribution in [0.3, 0.4) is 0 Å². The number of amides is 2. The normalized spacial score (nSPS) is 17.2. The molecule has 30 heavy (non-hydrogen) atoms. The number of nitro groups is 1. The average Bonchev–Trinajstić information content (AvgIpc) is 3.28. The molecule has 0 radical (unpaired) electrons. The smallest absolute Gasteiger partial charge is 0.269 e. The van der Waals surface area contributed by atoms with Crippen LogP contribution >= 0.6 is 11.3 Å². The number of aromatic nitrogens is 1. The van der Waals surface area contributed by atoms with Crippen LogP contribution in [0.4, 0.5) is 10.8 Å². The Balaban J connectivity index is 1.72. The predicted molar refractivity (Wildman–Crippen MR) is 109 cm³/mol. The number of nitro benzene ring substituents is 1. The van der Waals surface area contributed by atoms with Crippen molar-refractivity contribution in [2.24, 2.45) is 5.92 Å². The van der Waals surface area contributed by atoms with Gasteiger partial charge in [-0.25, -0.2) is 13.4 Å². The third kappa shape index (κ3) is 4.33. The molecule has 0 saturated carbocycles. The van der Waals surface area contributed by atoms with E-state index in [2.05, 4.69) is 10.3 Å². The van der Waals surface area contributed by atoms with Crippen LogP contribution in [0.5, 0.6) is 0 Å². The van der Waals surface area contributed by atoms with Gasteiger partial charge in [0.25, 0.3) is 5.69 Å². The lowest BCUT2D eigenvalue weighted by molar-refractivity contribution is -0.384. The number of nitrogens with zero attached hydrogens (tertiary/aromatic N) is 3. The number of hydrogen-bond acceptors (Lipinski definition) is 8. The van der Waals surface area contributed by atoms with Crippen LogP contribution in [0.15, 0.2) is 39.6 Å². The number of benzene rings is 1. The summed E-state index contributed by atoms with van der Waals surface area (Å²) in [4.78, 5) is 40.3. The maximum absolute atomic E-state index is 12.7. The van der Waals surface area contributed by atoms with Crippen LogP contribution in [0.1, 0.15) is 27.2 Å². The highest BCUT2D eigenvalue weighted by molar-refractivity contribution is 7.93. The van der Waals surface area contributed by atoms with Crippen molar-refractivity contribution in [3.05, 3.63) is 40.6 Å². The highest BCUT2D eigenvalue weighted by Crippen LogP contribution is 2.31. The van der Waals surface area contributed by atoms with Gasteiger partial charge in [0, 0.05) is 30.6 Å². The Morgan fingerprint density at radius 2 is 1.93 bits per heavy atom. The van der Waals surface area contributed by atoms with Gasteiger partial charge in [0.1, 0.15) is 4.21 Å². The van der Waals surface area contributed by atoms with E-state index in [1.165, 1.54) is 0 Å². The van der Waals surface area contributed by atoms with E-state index in [1.54, 1.807) is 4.90 Å². The van der Waals surface area contributed by atoms with E-state index in [0.29, 0.717) is 0 Å². The highest BCUT2D eigenvalue weighted by Gasteiger charge is 2.39. The summed E-state index contributed by atoms with van der Waals surface area (Å²) in [6.45, 7) is 5.96. The number of likely N-dealkylation sites (tertiary alicyclic amines) is 1. The molecule has 3 rings (SSSR count). The molecule has 1 N–H and O–H groups in total. The third-order valence-corrected chi connectivity index (χ3v) is 7.79. The topological polar surface area (TPSA) is 140 Å². The average molecular weight is 453 g/mol. The summed E-state index contributed by atoms with van der Waals surface area (Å²) < 4.78 is 25.3. The second kappa shape index (κ2) is 7.76. The van der Waals surface area contributed by atoms with E-state index >= 15 is 0 Å². The number of nitrogens with one attached hydrogen (secondary N) is 1. The molecule has 2 aromatic rings. The molecule has 12 heteroatoms. The summed E-state index contributed by atoms with van der Waals surface area (Å²) in [5.74, 6) is -1.05. The van der Waals surface area contributed by atoms with Gasteiger partial charge in [0.15, 0.2) is 5.13 Å². The molecule has 1 fully saturated rings. The summed E-state index contributed by atoms with van der Waals surface area (Å²) in [6.07, 6.45) is 1.21. The second-order valence-corrected chi connectivity index (χ2v) is 11.0. The van der Waals surface area contributed by atoms with Crippen LogP contribution in [0.25, 0.3) is 0 Å². The fourth-order valence-electron chi connectivity index (χ4n) is 3.04. The minimum atomic E-state index is -3.93. The molecular weight excluding hydrogens is 432 g/mol. The molecule has 0 spiro atoms. The van der Waals surface area contributed by atoms with Gasteiger partial charge in [-0.2, -0.15) is 0 Å². The summed E-state index contributed by atoms with van der Waals surface area (Å²) in [7, 11) is -3.93. The van der Waals surface area contributed by atoms with Crippen molar-refractivity contribution in [1.29, 1.82) is 0 Å². The fraction of sp³-hybridized carbons (Fsp3) is 0.389. The lowest BCUT2D eigenvalue weighted by atomic mass is 10.1. The Kier molecular flexibility index (Phi) is 5.65. The number of sulfone groups is 1. The number of carbonyl (C=O) groups is 2. The zero-order valence-corrected chi connectivity index (χ0v) is 18.1. The molecule has 2 amide bonds. The first kappa shape index (κ1) is 21.8. The molecule has 1 unspecified atom stereocenters. The molecule has 0 bridgehead atoms. The van der Waals surface area contributed by atoms with Crippen molar-refractivity contribution in [2.75, 3.05) is 11.9 Å². The zero-order chi connectivity index (χ0) is 22.3. The molecule has 1 aliphatic rings. The second-order valence-electron chi connectivity index (χ2n) is 7.80. The maximum Gasteiger partial charge on any atom is 0.269 e. The van der Waals surface area contributed by atoms with Gasteiger partial charge in [-0.05, 0) is 32.9 Å². The Hall–Kier alpha value is -2.86. The molecule has 160 valence electrons. The van der Waals surface area contributed by atoms with Gasteiger partial charge < -0.3 is 10.2 Å². The molecule has 1 atom stereocenters. The molecule has 1 aliphatic heterocycles. The van der Waals surface area contributed by atoms with Crippen LogP contribution in [0.2, 0.25) is 0 Å². The number of rotatable bonds is 5. The van der Waals surface area contributed by atoms with Gasteiger partial charge in [0.2, 0.25) is 21.7 Å². The quantitative estimate of drug-likeness (QED) is 0.543. The first-order chi connectivity index (χ1) is 13.9. The molecule has 1 aromatic carbocycles. The SMILES string of the molecule is CC(C)(C)N1CC(C(=O)Nc2ncc(S(=O)(=O)c3ccc([N+](=O)[O-])cc3)s2)CC1=O. The number of carbonyl (C=O) groups excluding carboxylic acids is 2. The van der Waals surface area contributed by atoms with Gasteiger partial charge >= 0.3 is 0 Å². The minimum absolute atomic E-state index is 0.0857. The monoisotopic (exact) mass is 452 g/mol. The first-order valence-electron chi connectivity index (χ1n) is 8.96. The molecule has 10 nitrogen and oxygen atoms in total. The molecular formula is C18H20N4O6S2. The third-order valence-electron chi connectivity index (χ3n) is 4.64. The van der Waals surface area contributed by atoms with Crippen LogP contribution in [-0.4, -0.2) is 47.1 Å². The zero-order valence-electron chi connectivity index (χ0n) is 16.5. The lowest BCUT2D eigenvalue weighted by Gasteiger charge is -2.31. The molecule has 2 heterocycles. The number of thiazole rings is 1. The van der Waals surface area contributed by atoms with Crippen molar-refractivity contribution in [3.8, 4) is 0 Å². The summed E-state index contributed by atoms with van der Waals surface area (Å²) in [5, 5.41) is 13.4. The van der Waals surface area contributed by atoms with Crippen LogP contribution in [0, 0.1) is 16.0 Å². The van der Waals surface area contributed by atoms with E-state index in [1.807, 2.05) is 20.8 Å². The summed E-state index contributed by atoms with van der Waals surface area (Å²) in [6, 6.07) is 4.51. The van der Waals surface area contributed by atoms with Crippen molar-refractivity contribution < 1.29 is 22.9 Å². The maximum atomic E-state index is 12.7. The van der Waals surface area contributed by atoms with Crippen molar-refractivity contribution in [2.45, 2.75) is 41.8 Å². The lowest BCUT2D eigenvalue weighted by Crippen LogP contribution is -2.42. The standard InChI is InChI=1S/C18H20N4O6S2/c1-18(2,3)21-10-11(8-14(21)23)16(24)20-17-19-9-15(29-17)30(27,28)13-6-4-12(5-7-13)22(25)26/h4-7,9,11H,8,10H2,1-3H3,(H,19,20,24). The number of hydrogen-bond donors (Lipinski definition) is 1. The first-order valence-corrected chi connectivity index (χ1v) is 11.3. The van der Waals surface area contributed by atoms with E-state index in [-0.39, 0.29) is 44.3 Å². The molecule has 1 aromatic heterocycles. The van der Waals surface area contributed by atoms with Crippen molar-refractivity contribution in [1.82, 2.24) is 9.88 Å². The van der Waals surface area contributed by atoms with Crippen molar-refractivity contribution >= 4 is 43.8 Å². The number of anilines is 1. The largest absolute Gasteiger partial charge is 0.337 e. The van der Waals surface area contributed by atoms with E-state index < -0.39 is 26.6 Å². The Morgan fingerprint density at radius 3 is 2.47 bits per heavy atom. The Bertz CT molecular complexity index is 1100. The van der Waals surface area contributed by atoms with Gasteiger partial charge in [0.05, 0.1) is 21.9 Å². The molecule has 1 saturated heterocycles. The van der Waals surface area contributed by atoms with Crippen molar-refractivity contribution in [3.63, 3.8) is 0 Å². The van der Waals surface area contributed by atoms with Gasteiger partial charge in [-0.15, -0.1) is 0 Å².